The lowest BCUT2D eigenvalue weighted by molar-refractivity contribution is 0.219. The Morgan fingerprint density at radius 3 is 2.76 bits per heavy atom. The minimum Gasteiger partial charge on any atom is -0.495 e. The predicted octanol–water partition coefficient (Wildman–Crippen LogP) is 2.85. The Hall–Kier alpha value is -3.68. The van der Waals surface area contributed by atoms with E-state index in [-0.39, 0.29) is 17.5 Å². The average molecular weight is 466 g/mol. The summed E-state index contributed by atoms with van der Waals surface area (Å²) in [6.07, 6.45) is 2.72. The zero-order valence-corrected chi connectivity index (χ0v) is 19.2. The number of hydrogen-bond donors (Lipinski definition) is 3. The third-order valence-electron chi connectivity index (χ3n) is 5.71. The maximum absolute atomic E-state index is 11.8. The van der Waals surface area contributed by atoms with Crippen molar-refractivity contribution < 1.29 is 18.3 Å². The maximum Gasteiger partial charge on any atom is 0.227 e. The molecule has 0 fully saturated rings. The van der Waals surface area contributed by atoms with Crippen LogP contribution in [0, 0.1) is 11.3 Å². The van der Waals surface area contributed by atoms with Crippen molar-refractivity contribution in [2.75, 3.05) is 37.2 Å². The highest BCUT2D eigenvalue weighted by molar-refractivity contribution is 7.90. The number of anilines is 3. The molecule has 0 radical (unpaired) electrons. The molecule has 1 aliphatic heterocycles. The van der Waals surface area contributed by atoms with Gasteiger partial charge in [0, 0.05) is 36.0 Å². The van der Waals surface area contributed by atoms with Gasteiger partial charge in [-0.25, -0.2) is 18.4 Å². The van der Waals surface area contributed by atoms with Crippen LogP contribution >= 0.6 is 0 Å². The molecule has 170 valence electrons. The van der Waals surface area contributed by atoms with Crippen LogP contribution in [0.15, 0.2) is 47.5 Å². The van der Waals surface area contributed by atoms with Gasteiger partial charge in [-0.2, -0.15) is 5.26 Å². The van der Waals surface area contributed by atoms with Crippen molar-refractivity contribution in [1.29, 1.82) is 5.26 Å². The molecule has 0 saturated carbocycles. The molecular weight excluding hydrogens is 442 g/mol. The number of ether oxygens (including phenoxy) is 1. The number of nitriles is 1. The van der Waals surface area contributed by atoms with Gasteiger partial charge < -0.3 is 20.5 Å². The van der Waals surface area contributed by atoms with E-state index in [1.165, 1.54) is 19.2 Å². The lowest BCUT2D eigenvalue weighted by Crippen LogP contribution is -2.28. The molecule has 1 atom stereocenters. The van der Waals surface area contributed by atoms with E-state index in [1.807, 2.05) is 13.0 Å². The maximum atomic E-state index is 11.8. The number of aromatic nitrogens is 2. The number of rotatable bonds is 6. The van der Waals surface area contributed by atoms with E-state index < -0.39 is 15.3 Å². The largest absolute Gasteiger partial charge is 0.495 e. The second-order valence-corrected chi connectivity index (χ2v) is 10.2. The van der Waals surface area contributed by atoms with Gasteiger partial charge in [0.1, 0.15) is 11.8 Å². The minimum absolute atomic E-state index is 0.0544. The lowest BCUT2D eigenvalue weighted by Gasteiger charge is -2.21. The standard InChI is InChI=1S/C23H23N5O4S/c1-23(13-29)12-26-21-15(11-24)8-14(9-17(21)23)18-6-7-25-22(27-18)28-19-5-4-16(33(3,30)31)10-20(19)32-2/h4-10,26,29H,12-13H2,1-3H3,(H,25,27,28)/t23-/m1/s1. The third kappa shape index (κ3) is 4.20. The minimum atomic E-state index is -3.38. The number of nitrogens with zero attached hydrogens (tertiary/aromatic N) is 3. The SMILES string of the molecule is COc1cc(S(C)(=O)=O)ccc1Nc1nccc(-c2cc(C#N)c3c(c2)[C@@](C)(CO)CN3)n1. The number of aliphatic hydroxyl groups is 1. The molecule has 2 heterocycles. The van der Waals surface area contributed by atoms with Crippen LogP contribution in [0.2, 0.25) is 0 Å². The molecule has 3 N–H and O–H groups in total. The summed E-state index contributed by atoms with van der Waals surface area (Å²) in [5, 5.41) is 25.9. The summed E-state index contributed by atoms with van der Waals surface area (Å²) in [4.78, 5) is 8.97. The quantitative estimate of drug-likeness (QED) is 0.502. The molecule has 0 saturated heterocycles. The number of fused-ring (bicyclic) bond motifs is 1. The van der Waals surface area contributed by atoms with Crippen LogP contribution in [0.3, 0.4) is 0 Å². The fourth-order valence-corrected chi connectivity index (χ4v) is 4.41. The van der Waals surface area contributed by atoms with Crippen molar-refractivity contribution in [3.63, 3.8) is 0 Å². The highest BCUT2D eigenvalue weighted by atomic mass is 32.2. The molecule has 1 aliphatic rings. The summed E-state index contributed by atoms with van der Waals surface area (Å²) in [7, 11) is -1.93. The first-order valence-corrected chi connectivity index (χ1v) is 12.0. The fourth-order valence-electron chi connectivity index (χ4n) is 3.77. The summed E-state index contributed by atoms with van der Waals surface area (Å²) >= 11 is 0. The zero-order chi connectivity index (χ0) is 23.8. The smallest absolute Gasteiger partial charge is 0.227 e. The van der Waals surface area contributed by atoms with Gasteiger partial charge in [0.25, 0.3) is 0 Å². The van der Waals surface area contributed by atoms with E-state index in [2.05, 4.69) is 26.7 Å². The molecule has 10 heteroatoms. The van der Waals surface area contributed by atoms with Crippen molar-refractivity contribution in [3.05, 3.63) is 53.7 Å². The first-order valence-electron chi connectivity index (χ1n) is 10.1. The van der Waals surface area contributed by atoms with E-state index in [4.69, 9.17) is 4.74 Å². The molecule has 0 aliphatic carbocycles. The van der Waals surface area contributed by atoms with Crippen molar-refractivity contribution in [3.8, 4) is 23.1 Å². The van der Waals surface area contributed by atoms with E-state index in [9.17, 15) is 18.8 Å². The van der Waals surface area contributed by atoms with Gasteiger partial charge in [0.05, 0.1) is 41.2 Å². The third-order valence-corrected chi connectivity index (χ3v) is 6.82. The van der Waals surface area contributed by atoms with Crippen LogP contribution in [0.5, 0.6) is 5.75 Å². The van der Waals surface area contributed by atoms with Crippen LogP contribution in [0.4, 0.5) is 17.3 Å². The van der Waals surface area contributed by atoms with Crippen LogP contribution in [0.25, 0.3) is 11.3 Å². The van der Waals surface area contributed by atoms with E-state index in [0.717, 1.165) is 23.1 Å². The summed E-state index contributed by atoms with van der Waals surface area (Å²) < 4.78 is 29.0. The molecule has 9 nitrogen and oxygen atoms in total. The van der Waals surface area contributed by atoms with Gasteiger partial charge in [-0.05, 0) is 35.9 Å². The molecule has 0 spiro atoms. The molecule has 4 rings (SSSR count). The molecule has 2 aromatic carbocycles. The molecule has 0 bridgehead atoms. The molecular formula is C23H23N5O4S. The van der Waals surface area contributed by atoms with Gasteiger partial charge in [0.2, 0.25) is 5.95 Å². The molecule has 0 amide bonds. The number of benzene rings is 2. The Bertz CT molecular complexity index is 1380. The Morgan fingerprint density at radius 2 is 2.09 bits per heavy atom. The zero-order valence-electron chi connectivity index (χ0n) is 18.4. The normalized spacial score (nSPS) is 17.1. The monoisotopic (exact) mass is 465 g/mol. The summed E-state index contributed by atoms with van der Waals surface area (Å²) in [6, 6.07) is 12.1. The van der Waals surface area contributed by atoms with E-state index >= 15 is 0 Å². The Kier molecular flexibility index (Phi) is 5.69. The number of sulfone groups is 1. The summed E-state index contributed by atoms with van der Waals surface area (Å²) in [5.74, 6) is 0.612. The number of methoxy groups -OCH3 is 1. The first-order chi connectivity index (χ1) is 15.7. The van der Waals surface area contributed by atoms with E-state index in [0.29, 0.717) is 29.2 Å². The molecule has 1 aromatic heterocycles. The highest BCUT2D eigenvalue weighted by Crippen LogP contribution is 2.41. The van der Waals surface area contributed by atoms with Gasteiger partial charge in [-0.15, -0.1) is 0 Å². The predicted molar refractivity (Wildman–Crippen MR) is 124 cm³/mol. The van der Waals surface area contributed by atoms with Crippen LogP contribution < -0.4 is 15.4 Å². The fraction of sp³-hybridized carbons (Fsp3) is 0.261. The highest BCUT2D eigenvalue weighted by Gasteiger charge is 2.36. The van der Waals surface area contributed by atoms with Crippen LogP contribution in [-0.2, 0) is 15.3 Å². The number of nitrogens with one attached hydrogen (secondary N) is 2. The van der Waals surface area contributed by atoms with E-state index in [1.54, 1.807) is 24.4 Å². The molecule has 0 unspecified atom stereocenters. The van der Waals surface area contributed by atoms with Crippen molar-refractivity contribution in [2.45, 2.75) is 17.2 Å². The van der Waals surface area contributed by atoms with Gasteiger partial charge in [-0.1, -0.05) is 6.92 Å². The molecule has 3 aromatic rings. The molecule has 33 heavy (non-hydrogen) atoms. The Balaban J connectivity index is 1.72. The number of aliphatic hydroxyl groups excluding tert-OH is 1. The van der Waals surface area contributed by atoms with Crippen LogP contribution in [0.1, 0.15) is 18.1 Å². The van der Waals surface area contributed by atoms with Crippen molar-refractivity contribution >= 4 is 27.2 Å². The Labute approximate surface area is 192 Å². The van der Waals surface area contributed by atoms with Crippen LogP contribution in [-0.4, -0.2) is 50.0 Å². The van der Waals surface area contributed by atoms with Gasteiger partial charge in [0.15, 0.2) is 9.84 Å². The number of hydrogen-bond acceptors (Lipinski definition) is 9. The van der Waals surface area contributed by atoms with Gasteiger partial charge >= 0.3 is 0 Å². The van der Waals surface area contributed by atoms with Crippen molar-refractivity contribution in [1.82, 2.24) is 9.97 Å². The van der Waals surface area contributed by atoms with Gasteiger partial charge in [-0.3, -0.25) is 0 Å². The second-order valence-electron chi connectivity index (χ2n) is 8.16. The Morgan fingerprint density at radius 1 is 1.30 bits per heavy atom. The topological polar surface area (TPSA) is 137 Å². The summed E-state index contributed by atoms with van der Waals surface area (Å²) in [6.45, 7) is 2.42. The van der Waals surface area contributed by atoms with Crippen molar-refractivity contribution in [2.24, 2.45) is 0 Å². The first kappa shape index (κ1) is 22.5. The second kappa shape index (κ2) is 8.35. The average Bonchev–Trinajstić information content (AvgIpc) is 3.15. The lowest BCUT2D eigenvalue weighted by atomic mass is 9.83. The summed E-state index contributed by atoms with van der Waals surface area (Å²) in [5.41, 5.74) is 3.40.